The van der Waals surface area contributed by atoms with Gasteiger partial charge in [0, 0.05) is 50.4 Å². The molecule has 3 rings (SSSR count). The lowest BCUT2D eigenvalue weighted by molar-refractivity contribution is -0.141. The zero-order chi connectivity index (χ0) is 16.2. The van der Waals surface area contributed by atoms with Crippen LogP contribution in [0.4, 0.5) is 0 Å². The molecule has 0 spiro atoms. The van der Waals surface area contributed by atoms with E-state index in [1.54, 1.807) is 12.4 Å². The molecule has 2 amide bonds. The number of likely N-dealkylation sites (tertiary alicyclic amines) is 1. The van der Waals surface area contributed by atoms with Gasteiger partial charge in [0.25, 0.3) is 0 Å². The molecular formula is C18H25N3O2. The first-order valence-electron chi connectivity index (χ1n) is 8.65. The number of amides is 2. The summed E-state index contributed by atoms with van der Waals surface area (Å²) in [7, 11) is 0. The van der Waals surface area contributed by atoms with Crippen LogP contribution in [0.1, 0.15) is 38.2 Å². The molecule has 0 atom stereocenters. The Morgan fingerprint density at radius 1 is 1.13 bits per heavy atom. The van der Waals surface area contributed by atoms with E-state index in [2.05, 4.69) is 4.98 Å². The number of carbonyl (C=O) groups excluding carboxylic acids is 2. The number of hydrogen-bond acceptors (Lipinski definition) is 3. The Kier molecular flexibility index (Phi) is 4.94. The molecule has 1 saturated heterocycles. The number of nitrogens with zero attached hydrogens (tertiary/aromatic N) is 3. The van der Waals surface area contributed by atoms with Crippen molar-refractivity contribution in [2.24, 2.45) is 11.8 Å². The highest BCUT2D eigenvalue weighted by Crippen LogP contribution is 2.32. The molecule has 23 heavy (non-hydrogen) atoms. The van der Waals surface area contributed by atoms with Gasteiger partial charge < -0.3 is 9.80 Å². The van der Waals surface area contributed by atoms with Crippen molar-refractivity contribution in [2.75, 3.05) is 19.6 Å². The van der Waals surface area contributed by atoms with Crippen LogP contribution in [0.5, 0.6) is 0 Å². The maximum atomic E-state index is 12.8. The second-order valence-corrected chi connectivity index (χ2v) is 6.58. The smallest absolute Gasteiger partial charge is 0.226 e. The van der Waals surface area contributed by atoms with Crippen molar-refractivity contribution in [3.8, 4) is 0 Å². The van der Waals surface area contributed by atoms with E-state index in [1.807, 2.05) is 28.9 Å². The van der Waals surface area contributed by atoms with Gasteiger partial charge in [-0.2, -0.15) is 0 Å². The van der Waals surface area contributed by atoms with Crippen LogP contribution in [0.15, 0.2) is 24.5 Å². The van der Waals surface area contributed by atoms with Gasteiger partial charge in [-0.15, -0.1) is 0 Å². The summed E-state index contributed by atoms with van der Waals surface area (Å²) in [6, 6.07) is 3.90. The molecular weight excluding hydrogens is 290 g/mol. The minimum atomic E-state index is 0.0556. The topological polar surface area (TPSA) is 53.5 Å². The fourth-order valence-corrected chi connectivity index (χ4v) is 3.25. The first-order valence-corrected chi connectivity index (χ1v) is 8.65. The molecule has 5 heteroatoms. The zero-order valence-corrected chi connectivity index (χ0v) is 13.8. The first kappa shape index (κ1) is 16.0. The van der Waals surface area contributed by atoms with E-state index in [1.165, 1.54) is 0 Å². The van der Waals surface area contributed by atoms with Gasteiger partial charge in [-0.1, -0.05) is 0 Å². The van der Waals surface area contributed by atoms with Crippen LogP contribution in [0.25, 0.3) is 0 Å². The standard InChI is InChI=1S/C18H25N3O2/c1-2-20(13-14-5-9-19-10-6-14)17(22)16-7-11-21(12-8-16)18(23)15-3-4-15/h5-6,9-10,15-16H,2-4,7-8,11-13H2,1H3. The summed E-state index contributed by atoms with van der Waals surface area (Å²) < 4.78 is 0. The van der Waals surface area contributed by atoms with Gasteiger partial charge in [0.2, 0.25) is 11.8 Å². The fourth-order valence-electron chi connectivity index (χ4n) is 3.25. The van der Waals surface area contributed by atoms with E-state index >= 15 is 0 Å². The number of carbonyl (C=O) groups is 2. The van der Waals surface area contributed by atoms with Crippen LogP contribution in [0, 0.1) is 11.8 Å². The molecule has 124 valence electrons. The molecule has 2 heterocycles. The maximum absolute atomic E-state index is 12.8. The number of piperidine rings is 1. The quantitative estimate of drug-likeness (QED) is 0.836. The van der Waals surface area contributed by atoms with Gasteiger partial charge in [-0.3, -0.25) is 14.6 Å². The Bertz CT molecular complexity index is 549. The van der Waals surface area contributed by atoms with Crippen molar-refractivity contribution in [2.45, 2.75) is 39.2 Å². The van der Waals surface area contributed by atoms with E-state index in [4.69, 9.17) is 0 Å². The highest BCUT2D eigenvalue weighted by atomic mass is 16.2. The predicted molar refractivity (Wildman–Crippen MR) is 87.4 cm³/mol. The number of aromatic nitrogens is 1. The zero-order valence-electron chi connectivity index (χ0n) is 13.8. The summed E-state index contributed by atoms with van der Waals surface area (Å²) in [4.78, 5) is 32.7. The summed E-state index contributed by atoms with van der Waals surface area (Å²) in [6.07, 6.45) is 7.21. The van der Waals surface area contributed by atoms with Crippen LogP contribution >= 0.6 is 0 Å². The van der Waals surface area contributed by atoms with Crippen LogP contribution < -0.4 is 0 Å². The molecule has 2 aliphatic rings. The SMILES string of the molecule is CCN(Cc1ccncc1)C(=O)C1CCN(C(=O)C2CC2)CC1. The average molecular weight is 315 g/mol. The van der Waals surface area contributed by atoms with Crippen molar-refractivity contribution in [1.29, 1.82) is 0 Å². The fraction of sp³-hybridized carbons (Fsp3) is 0.611. The van der Waals surface area contributed by atoms with E-state index in [0.29, 0.717) is 19.0 Å². The highest BCUT2D eigenvalue weighted by molar-refractivity contribution is 5.82. The summed E-state index contributed by atoms with van der Waals surface area (Å²) in [6.45, 7) is 4.84. The highest BCUT2D eigenvalue weighted by Gasteiger charge is 2.36. The molecule has 0 aromatic carbocycles. The van der Waals surface area contributed by atoms with Crippen LogP contribution in [0.2, 0.25) is 0 Å². The maximum Gasteiger partial charge on any atom is 0.226 e. The molecule has 1 saturated carbocycles. The molecule has 2 fully saturated rings. The minimum Gasteiger partial charge on any atom is -0.342 e. The lowest BCUT2D eigenvalue weighted by Crippen LogP contribution is -2.44. The van der Waals surface area contributed by atoms with Crippen molar-refractivity contribution < 1.29 is 9.59 Å². The number of pyridine rings is 1. The van der Waals surface area contributed by atoms with E-state index in [9.17, 15) is 9.59 Å². The van der Waals surface area contributed by atoms with Gasteiger partial charge in [-0.05, 0) is 50.3 Å². The molecule has 0 N–H and O–H groups in total. The van der Waals surface area contributed by atoms with Crippen LogP contribution in [-0.4, -0.2) is 46.2 Å². The second kappa shape index (κ2) is 7.11. The summed E-state index contributed by atoms with van der Waals surface area (Å²) in [5.41, 5.74) is 1.11. The lowest BCUT2D eigenvalue weighted by atomic mass is 9.94. The summed E-state index contributed by atoms with van der Waals surface area (Å²) in [5.74, 6) is 0.865. The molecule has 1 aromatic rings. The third kappa shape index (κ3) is 3.89. The van der Waals surface area contributed by atoms with Crippen LogP contribution in [0.3, 0.4) is 0 Å². The summed E-state index contributed by atoms with van der Waals surface area (Å²) in [5, 5.41) is 0. The third-order valence-electron chi connectivity index (χ3n) is 4.90. The van der Waals surface area contributed by atoms with Crippen LogP contribution in [-0.2, 0) is 16.1 Å². The van der Waals surface area contributed by atoms with E-state index in [0.717, 1.165) is 44.3 Å². The molecule has 0 radical (unpaired) electrons. The lowest BCUT2D eigenvalue weighted by Gasteiger charge is -2.34. The summed E-state index contributed by atoms with van der Waals surface area (Å²) >= 11 is 0. The number of hydrogen-bond donors (Lipinski definition) is 0. The van der Waals surface area contributed by atoms with Crippen molar-refractivity contribution in [1.82, 2.24) is 14.8 Å². The minimum absolute atomic E-state index is 0.0556. The Morgan fingerprint density at radius 3 is 2.35 bits per heavy atom. The van der Waals surface area contributed by atoms with Crippen molar-refractivity contribution >= 4 is 11.8 Å². The predicted octanol–water partition coefficient (Wildman–Crippen LogP) is 2.08. The van der Waals surface area contributed by atoms with E-state index in [-0.39, 0.29) is 17.7 Å². The third-order valence-corrected chi connectivity index (χ3v) is 4.90. The van der Waals surface area contributed by atoms with Gasteiger partial charge in [0.1, 0.15) is 0 Å². The van der Waals surface area contributed by atoms with Crippen molar-refractivity contribution in [3.05, 3.63) is 30.1 Å². The second-order valence-electron chi connectivity index (χ2n) is 6.58. The van der Waals surface area contributed by atoms with Gasteiger partial charge in [0.15, 0.2) is 0 Å². The monoisotopic (exact) mass is 315 g/mol. The average Bonchev–Trinajstić information content (AvgIpc) is 3.44. The van der Waals surface area contributed by atoms with Gasteiger partial charge in [0.05, 0.1) is 0 Å². The largest absolute Gasteiger partial charge is 0.342 e. The Balaban J connectivity index is 1.53. The molecule has 0 unspecified atom stereocenters. The first-order chi connectivity index (χ1) is 11.2. The Morgan fingerprint density at radius 2 is 1.78 bits per heavy atom. The van der Waals surface area contributed by atoms with Crippen molar-refractivity contribution in [3.63, 3.8) is 0 Å². The molecule has 5 nitrogen and oxygen atoms in total. The van der Waals surface area contributed by atoms with E-state index < -0.39 is 0 Å². The Hall–Kier alpha value is -1.91. The number of rotatable bonds is 5. The normalized spacial score (nSPS) is 18.7. The van der Waals surface area contributed by atoms with Gasteiger partial charge in [-0.25, -0.2) is 0 Å². The molecule has 1 aliphatic heterocycles. The molecule has 1 aliphatic carbocycles. The van der Waals surface area contributed by atoms with Gasteiger partial charge >= 0.3 is 0 Å². The molecule has 0 bridgehead atoms. The molecule has 1 aromatic heterocycles. The Labute approximate surface area is 137 Å².